The third kappa shape index (κ3) is 17.2. The minimum Gasteiger partial charge on any atom is -0.379 e. The Morgan fingerprint density at radius 1 is 0.700 bits per heavy atom. The zero-order valence-electron chi connectivity index (χ0n) is 13.4. The molecule has 0 spiro atoms. The van der Waals surface area contributed by atoms with Crippen LogP contribution in [0.15, 0.2) is 36.5 Å². The van der Waals surface area contributed by atoms with Gasteiger partial charge in [-0.25, -0.2) is 0 Å². The quantitative estimate of drug-likeness (QED) is 0.264. The molecule has 1 radical (unpaired) electrons. The average molecular weight is 277 g/mol. The van der Waals surface area contributed by atoms with Crippen LogP contribution in [0.25, 0.3) is 0 Å². The van der Waals surface area contributed by atoms with Crippen LogP contribution < -0.4 is 0 Å². The molecule has 1 heteroatoms. The van der Waals surface area contributed by atoms with Gasteiger partial charge < -0.3 is 4.74 Å². The number of ether oxygens (including phenoxy) is 1. The summed E-state index contributed by atoms with van der Waals surface area (Å²) in [6.07, 6.45) is 25.8. The molecular weight excluding hydrogens is 244 g/mol. The van der Waals surface area contributed by atoms with Crippen molar-refractivity contribution < 1.29 is 4.74 Å². The number of allylic oxidation sites excluding steroid dienone is 6. The lowest BCUT2D eigenvalue weighted by Gasteiger charge is -1.96. The zero-order valence-corrected chi connectivity index (χ0v) is 13.4. The first-order valence-electron chi connectivity index (χ1n) is 8.23. The zero-order chi connectivity index (χ0) is 14.7. The molecule has 0 amide bonds. The Morgan fingerprint density at radius 2 is 1.25 bits per heavy atom. The number of hydrogen-bond donors (Lipinski definition) is 0. The second kappa shape index (κ2) is 18.2. The van der Waals surface area contributed by atoms with E-state index < -0.39 is 0 Å². The summed E-state index contributed by atoms with van der Waals surface area (Å²) in [5.41, 5.74) is 0. The van der Waals surface area contributed by atoms with Crippen LogP contribution in [-0.2, 0) is 4.74 Å². The van der Waals surface area contributed by atoms with Crippen LogP contribution >= 0.6 is 0 Å². The molecule has 0 aromatic carbocycles. The summed E-state index contributed by atoms with van der Waals surface area (Å²) in [7, 11) is 3.37. The van der Waals surface area contributed by atoms with Crippen LogP contribution in [0.1, 0.15) is 71.1 Å². The van der Waals surface area contributed by atoms with E-state index >= 15 is 0 Å². The van der Waals surface area contributed by atoms with E-state index in [1.807, 2.05) is 0 Å². The molecule has 0 aromatic heterocycles. The Morgan fingerprint density at radius 3 is 1.80 bits per heavy atom. The lowest BCUT2D eigenvalue weighted by molar-refractivity contribution is 0.234. The molecule has 0 N–H and O–H groups in total. The van der Waals surface area contributed by atoms with Crippen molar-refractivity contribution in [1.82, 2.24) is 0 Å². The topological polar surface area (TPSA) is 9.23 Å². The molecule has 0 rings (SSSR count). The fraction of sp³-hybridized carbons (Fsp3) is 0.632. The van der Waals surface area contributed by atoms with Crippen molar-refractivity contribution >= 4 is 0 Å². The van der Waals surface area contributed by atoms with Crippen molar-refractivity contribution in [2.75, 3.05) is 6.61 Å². The maximum absolute atomic E-state index is 4.78. The molecule has 115 valence electrons. The van der Waals surface area contributed by atoms with Crippen molar-refractivity contribution in [1.29, 1.82) is 0 Å². The van der Waals surface area contributed by atoms with Crippen LogP contribution in [0.4, 0.5) is 0 Å². The second-order valence-corrected chi connectivity index (χ2v) is 5.14. The fourth-order valence-electron chi connectivity index (χ4n) is 1.93. The van der Waals surface area contributed by atoms with Gasteiger partial charge in [0.1, 0.15) is 0 Å². The maximum atomic E-state index is 4.78. The van der Waals surface area contributed by atoms with E-state index in [-0.39, 0.29) is 0 Å². The van der Waals surface area contributed by atoms with E-state index in [9.17, 15) is 0 Å². The van der Waals surface area contributed by atoms with Crippen molar-refractivity contribution in [2.45, 2.75) is 71.1 Å². The molecule has 0 saturated heterocycles. The van der Waals surface area contributed by atoms with Gasteiger partial charge in [-0.2, -0.15) is 0 Å². The van der Waals surface area contributed by atoms with Gasteiger partial charge in [0.2, 0.25) is 0 Å². The minimum atomic E-state index is 0.790. The summed E-state index contributed by atoms with van der Waals surface area (Å²) in [5, 5.41) is 0. The van der Waals surface area contributed by atoms with Gasteiger partial charge in [-0.15, -0.1) is 0 Å². The molecule has 0 fully saturated rings. The minimum absolute atomic E-state index is 0.790. The molecule has 0 aliphatic carbocycles. The number of rotatable bonds is 14. The summed E-state index contributed by atoms with van der Waals surface area (Å²) in [5.74, 6) is 0. The standard InChI is InChI=1S/C19H33O/c1-3-4-5-6-7-8-9-10-11-12-13-14-15-16-17-18-19-20-2/h7-8,10-11,13-14H,2-6,9,12,15-19H2,1H3/b8-7?,11-10?,14-13-. The summed E-state index contributed by atoms with van der Waals surface area (Å²) in [6, 6.07) is 0. The molecule has 0 heterocycles. The van der Waals surface area contributed by atoms with E-state index in [4.69, 9.17) is 4.74 Å². The molecule has 0 unspecified atom stereocenters. The van der Waals surface area contributed by atoms with E-state index in [2.05, 4.69) is 50.5 Å². The molecule has 0 saturated carbocycles. The Labute approximate surface area is 126 Å². The third-order valence-corrected chi connectivity index (χ3v) is 3.18. The normalized spacial score (nSPS) is 12.3. The molecule has 0 aliphatic rings. The van der Waals surface area contributed by atoms with E-state index in [1.165, 1.54) is 44.9 Å². The highest BCUT2D eigenvalue weighted by Crippen LogP contribution is 2.02. The van der Waals surface area contributed by atoms with E-state index in [1.54, 1.807) is 0 Å². The highest BCUT2D eigenvalue weighted by Gasteiger charge is 1.86. The van der Waals surface area contributed by atoms with Crippen molar-refractivity contribution in [3.63, 3.8) is 0 Å². The maximum Gasteiger partial charge on any atom is 0.0700 e. The smallest absolute Gasteiger partial charge is 0.0700 e. The van der Waals surface area contributed by atoms with Crippen LogP contribution in [0, 0.1) is 7.11 Å². The largest absolute Gasteiger partial charge is 0.379 e. The first-order valence-corrected chi connectivity index (χ1v) is 8.23. The van der Waals surface area contributed by atoms with Gasteiger partial charge in [-0.1, -0.05) is 62.6 Å². The Kier molecular flexibility index (Phi) is 17.4. The number of hydrogen-bond acceptors (Lipinski definition) is 1. The molecular formula is C19H33O. The lowest BCUT2D eigenvalue weighted by atomic mass is 10.2. The van der Waals surface area contributed by atoms with Crippen molar-refractivity contribution in [3.05, 3.63) is 43.6 Å². The van der Waals surface area contributed by atoms with Gasteiger partial charge in [0, 0.05) is 6.61 Å². The van der Waals surface area contributed by atoms with Crippen LogP contribution in [0.5, 0.6) is 0 Å². The Balaban J connectivity index is 3.25. The fourth-order valence-corrected chi connectivity index (χ4v) is 1.93. The van der Waals surface area contributed by atoms with Gasteiger partial charge in [-0.3, -0.25) is 0 Å². The predicted molar refractivity (Wildman–Crippen MR) is 90.6 cm³/mol. The van der Waals surface area contributed by atoms with E-state index in [0.29, 0.717) is 0 Å². The van der Waals surface area contributed by atoms with Gasteiger partial charge in [-0.05, 0) is 44.9 Å². The molecule has 0 atom stereocenters. The molecule has 0 aromatic rings. The molecule has 0 bridgehead atoms. The summed E-state index contributed by atoms with van der Waals surface area (Å²) in [6.45, 7) is 3.04. The average Bonchev–Trinajstić information content (AvgIpc) is 2.47. The summed E-state index contributed by atoms with van der Waals surface area (Å²) >= 11 is 0. The third-order valence-electron chi connectivity index (χ3n) is 3.18. The van der Waals surface area contributed by atoms with Gasteiger partial charge in [0.05, 0.1) is 7.11 Å². The first-order chi connectivity index (χ1) is 9.91. The SMILES string of the molecule is [CH2]OCCCCC/C=C\CC=CCC=CCCCCC. The number of unbranched alkanes of at least 4 members (excludes halogenated alkanes) is 6. The first kappa shape index (κ1) is 19.2. The molecule has 20 heavy (non-hydrogen) atoms. The molecule has 0 aliphatic heterocycles. The predicted octanol–water partition coefficient (Wildman–Crippen LogP) is 6.38. The van der Waals surface area contributed by atoms with Gasteiger partial charge in [0.25, 0.3) is 0 Å². The Hall–Kier alpha value is -0.820. The van der Waals surface area contributed by atoms with Crippen molar-refractivity contribution in [3.8, 4) is 0 Å². The second-order valence-electron chi connectivity index (χ2n) is 5.14. The van der Waals surface area contributed by atoms with Gasteiger partial charge in [0.15, 0.2) is 0 Å². The van der Waals surface area contributed by atoms with Crippen LogP contribution in [-0.4, -0.2) is 6.61 Å². The van der Waals surface area contributed by atoms with E-state index in [0.717, 1.165) is 25.9 Å². The summed E-state index contributed by atoms with van der Waals surface area (Å²) < 4.78 is 4.78. The van der Waals surface area contributed by atoms with Crippen LogP contribution in [0.3, 0.4) is 0 Å². The van der Waals surface area contributed by atoms with Crippen molar-refractivity contribution in [2.24, 2.45) is 0 Å². The highest BCUT2D eigenvalue weighted by atomic mass is 16.5. The highest BCUT2D eigenvalue weighted by molar-refractivity contribution is 4.97. The lowest BCUT2D eigenvalue weighted by Crippen LogP contribution is -1.85. The van der Waals surface area contributed by atoms with Gasteiger partial charge >= 0.3 is 0 Å². The Bertz CT molecular complexity index is 250. The molecule has 1 nitrogen and oxygen atoms in total. The van der Waals surface area contributed by atoms with Crippen LogP contribution in [0.2, 0.25) is 0 Å². The monoisotopic (exact) mass is 277 g/mol. The summed E-state index contributed by atoms with van der Waals surface area (Å²) in [4.78, 5) is 0.